The summed E-state index contributed by atoms with van der Waals surface area (Å²) in [5, 5.41) is 10.2. The lowest BCUT2D eigenvalue weighted by Crippen LogP contribution is -2.14. The van der Waals surface area contributed by atoms with E-state index in [0.29, 0.717) is 11.7 Å². The van der Waals surface area contributed by atoms with Crippen molar-refractivity contribution < 1.29 is 5.11 Å². The monoisotopic (exact) mass is 329 g/mol. The van der Waals surface area contributed by atoms with Gasteiger partial charge in [0.1, 0.15) is 5.76 Å². The summed E-state index contributed by atoms with van der Waals surface area (Å²) in [5.74, 6) is 0.797. The molecule has 1 aliphatic rings. The first kappa shape index (κ1) is 15.3. The number of nitrogens with zero attached hydrogens (tertiary/aromatic N) is 1. The van der Waals surface area contributed by atoms with Gasteiger partial charge in [-0.3, -0.25) is 0 Å². The molecule has 0 bridgehead atoms. The van der Waals surface area contributed by atoms with Crippen molar-refractivity contribution in [3.05, 3.63) is 63.9 Å². The van der Waals surface area contributed by atoms with E-state index in [9.17, 15) is 5.11 Å². The van der Waals surface area contributed by atoms with Gasteiger partial charge in [0.2, 0.25) is 0 Å². The number of para-hydroxylation sites is 1. The third-order valence-electron chi connectivity index (χ3n) is 4.08. The molecule has 1 heterocycles. The van der Waals surface area contributed by atoms with Crippen molar-refractivity contribution in [1.82, 2.24) is 4.57 Å². The summed E-state index contributed by atoms with van der Waals surface area (Å²) < 4.78 is 4.36. The molecule has 4 heteroatoms. The molecular weight excluding hydrogens is 310 g/mol. The van der Waals surface area contributed by atoms with Crippen molar-refractivity contribution in [3.8, 4) is 0 Å². The average molecular weight is 329 g/mol. The van der Waals surface area contributed by atoms with Crippen LogP contribution in [0.15, 0.2) is 59.9 Å². The van der Waals surface area contributed by atoms with Crippen LogP contribution < -0.4 is 0 Å². The highest BCUT2D eigenvalue weighted by atomic mass is 32.1. The molecule has 1 aromatic carbocycles. The largest absolute Gasteiger partial charge is 0.508 e. The average Bonchev–Trinajstić information content (AvgIpc) is 2.81. The van der Waals surface area contributed by atoms with Crippen LogP contribution >= 0.6 is 23.6 Å². The summed E-state index contributed by atoms with van der Waals surface area (Å²) in [7, 11) is 0. The fourth-order valence-electron chi connectivity index (χ4n) is 3.08. The number of fused-ring (bicyclic) bond motifs is 1. The topological polar surface area (TPSA) is 25.2 Å². The zero-order chi connectivity index (χ0) is 15.7. The number of thiazole rings is 1. The van der Waals surface area contributed by atoms with Crippen LogP contribution in [0.4, 0.5) is 0 Å². The maximum atomic E-state index is 10.2. The molecule has 22 heavy (non-hydrogen) atoms. The van der Waals surface area contributed by atoms with Gasteiger partial charge in [-0.2, -0.15) is 0 Å². The van der Waals surface area contributed by atoms with Crippen LogP contribution in [0.3, 0.4) is 0 Å². The minimum Gasteiger partial charge on any atom is -0.508 e. The first-order chi connectivity index (χ1) is 10.6. The van der Waals surface area contributed by atoms with Crippen LogP contribution in [-0.4, -0.2) is 9.67 Å². The molecular formula is C18H19NOS2. The van der Waals surface area contributed by atoms with Crippen LogP contribution in [0, 0.1) is 9.87 Å². The number of allylic oxidation sites excluding steroid dienone is 4. The van der Waals surface area contributed by atoms with E-state index >= 15 is 0 Å². The van der Waals surface area contributed by atoms with E-state index < -0.39 is 0 Å². The number of hydrogen-bond donors (Lipinski definition) is 1. The lowest BCUT2D eigenvalue weighted by molar-refractivity contribution is 0.392. The Morgan fingerprint density at radius 2 is 2.23 bits per heavy atom. The molecule has 114 valence electrons. The minimum atomic E-state index is 0.357. The Kier molecular flexibility index (Phi) is 4.32. The Labute approximate surface area is 139 Å². The molecule has 1 atom stereocenters. The third kappa shape index (κ3) is 2.81. The summed E-state index contributed by atoms with van der Waals surface area (Å²) >= 11 is 7.20. The highest BCUT2D eigenvalue weighted by Crippen LogP contribution is 2.32. The molecule has 0 amide bonds. The van der Waals surface area contributed by atoms with E-state index in [2.05, 4.69) is 35.4 Å². The van der Waals surface area contributed by atoms with Gasteiger partial charge in [-0.15, -0.1) is 17.9 Å². The molecule has 0 fully saturated rings. The summed E-state index contributed by atoms with van der Waals surface area (Å²) in [6.07, 6.45) is 5.62. The second kappa shape index (κ2) is 6.23. The molecule has 0 saturated heterocycles. The molecule has 1 unspecified atom stereocenters. The maximum Gasteiger partial charge on any atom is 0.162 e. The highest BCUT2D eigenvalue weighted by molar-refractivity contribution is 7.73. The van der Waals surface area contributed by atoms with Crippen molar-refractivity contribution in [2.24, 2.45) is 5.92 Å². The van der Waals surface area contributed by atoms with Gasteiger partial charge < -0.3 is 9.67 Å². The highest BCUT2D eigenvalue weighted by Gasteiger charge is 2.20. The van der Waals surface area contributed by atoms with E-state index in [4.69, 9.17) is 12.2 Å². The van der Waals surface area contributed by atoms with E-state index in [-0.39, 0.29) is 0 Å². The lowest BCUT2D eigenvalue weighted by Gasteiger charge is -2.23. The predicted octanol–water partition coefficient (Wildman–Crippen LogP) is 5.79. The molecule has 1 N–H and O–H groups in total. The summed E-state index contributed by atoms with van der Waals surface area (Å²) in [6, 6.07) is 8.34. The molecule has 3 rings (SSSR count). The van der Waals surface area contributed by atoms with Crippen LogP contribution in [0.5, 0.6) is 0 Å². The Bertz CT molecular complexity index is 838. The normalized spacial score (nSPS) is 18.6. The van der Waals surface area contributed by atoms with Crippen molar-refractivity contribution in [3.63, 3.8) is 0 Å². The molecule has 0 aliphatic heterocycles. The summed E-state index contributed by atoms with van der Waals surface area (Å²) in [6.45, 7) is 6.61. The second-order valence-corrected chi connectivity index (χ2v) is 7.38. The lowest BCUT2D eigenvalue weighted by atomic mass is 9.88. The quantitative estimate of drug-likeness (QED) is 0.567. The van der Waals surface area contributed by atoms with Crippen molar-refractivity contribution in [2.45, 2.75) is 26.3 Å². The van der Waals surface area contributed by atoms with E-state index in [1.54, 1.807) is 11.3 Å². The number of hydrogen-bond acceptors (Lipinski definition) is 3. The number of rotatable bonds is 4. The number of benzene rings is 1. The van der Waals surface area contributed by atoms with Crippen LogP contribution in [-0.2, 0) is 6.54 Å². The maximum absolute atomic E-state index is 10.2. The van der Waals surface area contributed by atoms with Gasteiger partial charge in [-0.25, -0.2) is 0 Å². The van der Waals surface area contributed by atoms with Crippen LogP contribution in [0.1, 0.15) is 19.8 Å². The Morgan fingerprint density at radius 3 is 3.00 bits per heavy atom. The molecule has 2 aromatic rings. The number of aliphatic hydroxyl groups is 1. The van der Waals surface area contributed by atoms with Gasteiger partial charge in [-0.1, -0.05) is 24.3 Å². The minimum absolute atomic E-state index is 0.357. The SMILES string of the molecule is C=CCC1=C(O)C(C)=CC(Cn2c(=S)sc3ccccc32)C1. The van der Waals surface area contributed by atoms with Crippen LogP contribution in [0.2, 0.25) is 0 Å². The number of aliphatic hydroxyl groups excluding tert-OH is 1. The van der Waals surface area contributed by atoms with Crippen molar-refractivity contribution >= 4 is 33.8 Å². The van der Waals surface area contributed by atoms with E-state index in [1.807, 2.05) is 19.1 Å². The molecule has 2 nitrogen and oxygen atoms in total. The smallest absolute Gasteiger partial charge is 0.162 e. The summed E-state index contributed by atoms with van der Waals surface area (Å²) in [5.41, 5.74) is 3.23. The van der Waals surface area contributed by atoms with Gasteiger partial charge >= 0.3 is 0 Å². The first-order valence-electron chi connectivity index (χ1n) is 7.39. The number of aromatic nitrogens is 1. The molecule has 0 saturated carbocycles. The van der Waals surface area contributed by atoms with Gasteiger partial charge in [0.25, 0.3) is 0 Å². The second-order valence-electron chi connectivity index (χ2n) is 5.71. The van der Waals surface area contributed by atoms with E-state index in [1.165, 1.54) is 10.2 Å². The predicted molar refractivity (Wildman–Crippen MR) is 97.0 cm³/mol. The van der Waals surface area contributed by atoms with E-state index in [0.717, 1.165) is 34.5 Å². The van der Waals surface area contributed by atoms with Crippen molar-refractivity contribution in [1.29, 1.82) is 0 Å². The molecule has 1 aromatic heterocycles. The van der Waals surface area contributed by atoms with Gasteiger partial charge in [0, 0.05) is 6.54 Å². The first-order valence-corrected chi connectivity index (χ1v) is 8.61. The molecule has 1 aliphatic carbocycles. The Hall–Kier alpha value is -1.65. The zero-order valence-electron chi connectivity index (χ0n) is 12.6. The van der Waals surface area contributed by atoms with Crippen molar-refractivity contribution in [2.75, 3.05) is 0 Å². The fourth-order valence-corrected chi connectivity index (χ4v) is 4.42. The Morgan fingerprint density at radius 1 is 1.45 bits per heavy atom. The van der Waals surface area contributed by atoms with Crippen LogP contribution in [0.25, 0.3) is 10.2 Å². The fraction of sp³-hybridized carbons (Fsp3) is 0.278. The standard InChI is InChI=1S/C18H19NOS2/c1-3-6-14-10-13(9-12(2)17(14)20)11-19-15-7-4-5-8-16(15)22-18(19)21/h3-5,7-9,13,20H,1,6,10-11H2,2H3. The van der Waals surface area contributed by atoms with Gasteiger partial charge in [-0.05, 0) is 61.2 Å². The van der Waals surface area contributed by atoms with Gasteiger partial charge in [0.05, 0.1) is 10.2 Å². The van der Waals surface area contributed by atoms with Gasteiger partial charge in [0.15, 0.2) is 3.95 Å². The Balaban J connectivity index is 1.92. The molecule has 0 radical (unpaired) electrons. The zero-order valence-corrected chi connectivity index (χ0v) is 14.2. The summed E-state index contributed by atoms with van der Waals surface area (Å²) in [4.78, 5) is 0. The third-order valence-corrected chi connectivity index (χ3v) is 5.51. The molecule has 0 spiro atoms.